The molecule has 3 aromatic carbocycles. The van der Waals surface area contributed by atoms with E-state index in [1.807, 2.05) is 24.3 Å². The van der Waals surface area contributed by atoms with Crippen molar-refractivity contribution in [3.63, 3.8) is 0 Å². The van der Waals surface area contributed by atoms with Crippen molar-refractivity contribution in [2.45, 2.75) is 11.3 Å². The van der Waals surface area contributed by atoms with Crippen LogP contribution in [-0.2, 0) is 16.4 Å². The Morgan fingerprint density at radius 1 is 0.931 bits per heavy atom. The van der Waals surface area contributed by atoms with Crippen molar-refractivity contribution < 1.29 is 12.8 Å². The Kier molecular flexibility index (Phi) is 5.21. The highest BCUT2D eigenvalue weighted by Crippen LogP contribution is 2.32. The van der Waals surface area contributed by atoms with Crippen LogP contribution in [0.5, 0.6) is 0 Å². The van der Waals surface area contributed by atoms with Gasteiger partial charge in [-0.15, -0.1) is 0 Å². The molecule has 0 aliphatic carbocycles. The number of para-hydroxylation sites is 1. The summed E-state index contributed by atoms with van der Waals surface area (Å²) in [6.07, 6.45) is 0.703. The average molecular weight is 428 g/mol. The average Bonchev–Trinajstić information content (AvgIpc) is 3.13. The number of nitrogens with one attached hydrogen (secondary N) is 2. The molecular weight excluding hydrogens is 409 g/mol. The number of fused-ring (bicyclic) bond motifs is 1. The molecule has 8 heteroatoms. The van der Waals surface area contributed by atoms with Crippen molar-refractivity contribution in [3.8, 4) is 0 Å². The second-order valence-electron chi connectivity index (χ2n) is 6.57. The van der Waals surface area contributed by atoms with Crippen LogP contribution >= 0.6 is 12.2 Å². The Hall–Kier alpha value is -2.97. The third kappa shape index (κ3) is 4.08. The number of hydrogen-bond acceptors (Lipinski definition) is 3. The first-order valence-corrected chi connectivity index (χ1v) is 10.8. The number of halogens is 1. The summed E-state index contributed by atoms with van der Waals surface area (Å²) < 4.78 is 40.8. The van der Waals surface area contributed by atoms with Crippen LogP contribution in [0.1, 0.15) is 5.56 Å². The molecule has 0 aromatic heterocycles. The minimum Gasteiger partial charge on any atom is -0.332 e. The van der Waals surface area contributed by atoms with Gasteiger partial charge in [-0.25, -0.2) is 12.8 Å². The molecule has 29 heavy (non-hydrogen) atoms. The Labute approximate surface area is 174 Å². The van der Waals surface area contributed by atoms with E-state index in [0.717, 1.165) is 11.3 Å². The Morgan fingerprint density at radius 3 is 2.41 bits per heavy atom. The summed E-state index contributed by atoms with van der Waals surface area (Å²) in [6, 6.07) is 19.9. The van der Waals surface area contributed by atoms with Gasteiger partial charge in [-0.1, -0.05) is 24.3 Å². The van der Waals surface area contributed by atoms with Gasteiger partial charge in [-0.05, 0) is 72.7 Å². The molecule has 0 saturated carbocycles. The van der Waals surface area contributed by atoms with E-state index in [2.05, 4.69) is 10.6 Å². The topological polar surface area (TPSA) is 61.4 Å². The van der Waals surface area contributed by atoms with Crippen molar-refractivity contribution in [2.24, 2.45) is 0 Å². The normalized spacial score (nSPS) is 13.1. The summed E-state index contributed by atoms with van der Waals surface area (Å²) in [5.74, 6) is -0.365. The lowest BCUT2D eigenvalue weighted by atomic mass is 10.2. The van der Waals surface area contributed by atoms with Crippen molar-refractivity contribution in [1.29, 1.82) is 0 Å². The lowest BCUT2D eigenvalue weighted by molar-refractivity contribution is 0.592. The lowest BCUT2D eigenvalue weighted by Crippen LogP contribution is -2.29. The van der Waals surface area contributed by atoms with Gasteiger partial charge in [-0.2, -0.15) is 0 Å². The second-order valence-corrected chi connectivity index (χ2v) is 8.84. The van der Waals surface area contributed by atoms with Crippen LogP contribution in [0.15, 0.2) is 77.7 Å². The van der Waals surface area contributed by atoms with Crippen molar-refractivity contribution in [3.05, 3.63) is 84.2 Å². The summed E-state index contributed by atoms with van der Waals surface area (Å²) in [4.78, 5) is 0.212. The van der Waals surface area contributed by atoms with Crippen LogP contribution in [0.2, 0.25) is 0 Å². The molecule has 2 N–H and O–H groups in total. The fourth-order valence-corrected chi connectivity index (χ4v) is 4.99. The molecular formula is C21H18FN3O2S2. The Bertz CT molecular complexity index is 1160. The van der Waals surface area contributed by atoms with Crippen LogP contribution in [0, 0.1) is 5.82 Å². The summed E-state index contributed by atoms with van der Waals surface area (Å²) in [5, 5.41) is 6.13. The maximum Gasteiger partial charge on any atom is 0.264 e. The first-order chi connectivity index (χ1) is 13.9. The highest BCUT2D eigenvalue weighted by atomic mass is 32.2. The van der Waals surface area contributed by atoms with Crippen LogP contribution in [0.3, 0.4) is 0 Å². The minimum absolute atomic E-state index is 0.212. The van der Waals surface area contributed by atoms with E-state index in [1.165, 1.54) is 16.4 Å². The predicted octanol–water partition coefficient (Wildman–Crippen LogP) is 4.39. The Balaban J connectivity index is 1.47. The first kappa shape index (κ1) is 19.4. The molecule has 1 aliphatic heterocycles. The van der Waals surface area contributed by atoms with Crippen LogP contribution in [0.4, 0.5) is 21.5 Å². The zero-order valence-electron chi connectivity index (χ0n) is 15.3. The molecule has 4 rings (SSSR count). The molecule has 0 saturated heterocycles. The molecule has 0 fully saturated rings. The predicted molar refractivity (Wildman–Crippen MR) is 117 cm³/mol. The highest BCUT2D eigenvalue weighted by molar-refractivity contribution is 7.92. The first-order valence-electron chi connectivity index (χ1n) is 8.98. The van der Waals surface area contributed by atoms with E-state index in [9.17, 15) is 12.8 Å². The molecule has 1 heterocycles. The summed E-state index contributed by atoms with van der Waals surface area (Å²) in [7, 11) is -3.64. The van der Waals surface area contributed by atoms with Crippen LogP contribution in [0.25, 0.3) is 0 Å². The standard InChI is InChI=1S/C21H18FN3O2S2/c22-16-5-3-6-18(14-16)24-21(28)23-17-8-10-19(11-9-17)29(26,27)25-13-12-15-4-1-2-7-20(15)25/h1-11,14H,12-13H2,(H2,23,24,28). The molecule has 0 amide bonds. The van der Waals surface area contributed by atoms with E-state index in [4.69, 9.17) is 12.2 Å². The SMILES string of the molecule is O=S(=O)(c1ccc(NC(=S)Nc2cccc(F)c2)cc1)N1CCc2ccccc21. The lowest BCUT2D eigenvalue weighted by Gasteiger charge is -2.20. The molecule has 0 unspecified atom stereocenters. The fourth-order valence-electron chi connectivity index (χ4n) is 3.25. The fraction of sp³-hybridized carbons (Fsp3) is 0.0952. The van der Waals surface area contributed by atoms with Gasteiger partial charge in [0.2, 0.25) is 0 Å². The molecule has 0 spiro atoms. The summed E-state index contributed by atoms with van der Waals surface area (Å²) >= 11 is 5.23. The van der Waals surface area contributed by atoms with Gasteiger partial charge < -0.3 is 10.6 Å². The van der Waals surface area contributed by atoms with Crippen LogP contribution < -0.4 is 14.9 Å². The maximum absolute atomic E-state index is 13.3. The largest absolute Gasteiger partial charge is 0.332 e. The summed E-state index contributed by atoms with van der Waals surface area (Å²) in [5.41, 5.74) is 2.91. The molecule has 0 radical (unpaired) electrons. The van der Waals surface area contributed by atoms with E-state index in [-0.39, 0.29) is 15.8 Å². The molecule has 1 aliphatic rings. The summed E-state index contributed by atoms with van der Waals surface area (Å²) in [6.45, 7) is 0.434. The zero-order chi connectivity index (χ0) is 20.4. The van der Waals surface area contributed by atoms with Gasteiger partial charge in [0, 0.05) is 17.9 Å². The molecule has 0 bridgehead atoms. The van der Waals surface area contributed by atoms with Gasteiger partial charge >= 0.3 is 0 Å². The van der Waals surface area contributed by atoms with E-state index in [1.54, 1.807) is 36.4 Å². The van der Waals surface area contributed by atoms with Gasteiger partial charge in [0.05, 0.1) is 10.6 Å². The number of hydrogen-bond donors (Lipinski definition) is 2. The number of nitrogens with zero attached hydrogens (tertiary/aromatic N) is 1. The Morgan fingerprint density at radius 2 is 1.66 bits per heavy atom. The van der Waals surface area contributed by atoms with E-state index < -0.39 is 10.0 Å². The third-order valence-electron chi connectivity index (χ3n) is 4.63. The van der Waals surface area contributed by atoms with E-state index in [0.29, 0.717) is 24.3 Å². The number of benzene rings is 3. The quantitative estimate of drug-likeness (QED) is 0.605. The molecule has 0 atom stereocenters. The van der Waals surface area contributed by atoms with Crippen LogP contribution in [-0.4, -0.2) is 20.1 Å². The third-order valence-corrected chi connectivity index (χ3v) is 6.66. The number of rotatable bonds is 4. The molecule has 5 nitrogen and oxygen atoms in total. The van der Waals surface area contributed by atoms with Gasteiger partial charge in [-0.3, -0.25) is 4.31 Å². The van der Waals surface area contributed by atoms with Crippen molar-refractivity contribution in [2.75, 3.05) is 21.5 Å². The monoisotopic (exact) mass is 427 g/mol. The van der Waals surface area contributed by atoms with Gasteiger partial charge in [0.1, 0.15) is 5.82 Å². The molecule has 3 aromatic rings. The number of anilines is 3. The molecule has 148 valence electrons. The highest BCUT2D eigenvalue weighted by Gasteiger charge is 2.30. The van der Waals surface area contributed by atoms with Gasteiger partial charge in [0.25, 0.3) is 10.0 Å². The second kappa shape index (κ2) is 7.81. The zero-order valence-corrected chi connectivity index (χ0v) is 16.9. The number of sulfonamides is 1. The smallest absolute Gasteiger partial charge is 0.264 e. The number of thiocarbonyl (C=S) groups is 1. The van der Waals surface area contributed by atoms with Crippen molar-refractivity contribution in [1.82, 2.24) is 0 Å². The van der Waals surface area contributed by atoms with Gasteiger partial charge in [0.15, 0.2) is 5.11 Å². The van der Waals surface area contributed by atoms with Crippen molar-refractivity contribution >= 4 is 44.4 Å². The maximum atomic E-state index is 13.3. The minimum atomic E-state index is -3.64. The van der Waals surface area contributed by atoms with E-state index >= 15 is 0 Å².